The lowest BCUT2D eigenvalue weighted by molar-refractivity contribution is -0.121. The number of carbonyl (C=O) groups excluding carboxylic acids is 1. The number of fused-ring (bicyclic) bond motifs is 1. The summed E-state index contributed by atoms with van der Waals surface area (Å²) < 4.78 is 2.27. The summed E-state index contributed by atoms with van der Waals surface area (Å²) in [6.07, 6.45) is 2.78. The molecule has 1 amide bonds. The zero-order valence-corrected chi connectivity index (χ0v) is 16.1. The second-order valence-electron chi connectivity index (χ2n) is 6.74. The quantitative estimate of drug-likeness (QED) is 0.525. The number of hydrogen-bond donors (Lipinski definition) is 1. The smallest absolute Gasteiger partial charge is 0.333 e. The summed E-state index contributed by atoms with van der Waals surface area (Å²) in [5, 5.41) is 2.79. The van der Waals surface area contributed by atoms with Gasteiger partial charge >= 0.3 is 5.69 Å². The average molecular weight is 401 g/mol. The maximum atomic E-state index is 13.1. The number of nitrogens with one attached hydrogen (secondary N) is 1. The molecule has 0 saturated carbocycles. The molecule has 0 unspecified atom stereocenters. The third-order valence-electron chi connectivity index (χ3n) is 4.66. The Kier molecular flexibility index (Phi) is 5.47. The van der Waals surface area contributed by atoms with Crippen molar-refractivity contribution in [1.29, 1.82) is 0 Å². The van der Waals surface area contributed by atoms with Gasteiger partial charge in [0, 0.05) is 18.9 Å². The molecule has 0 atom stereocenters. The number of nitrogens with zero attached hydrogens (tertiary/aromatic N) is 4. The third-order valence-corrected chi connectivity index (χ3v) is 4.66. The molecule has 2 aromatic heterocycles. The highest BCUT2D eigenvalue weighted by molar-refractivity contribution is 5.78. The molecule has 0 spiro atoms. The first-order valence-electron chi connectivity index (χ1n) is 9.42. The molecular formula is C22H19N5O3. The minimum absolute atomic E-state index is 0.0453. The monoisotopic (exact) mass is 401 g/mol. The zero-order chi connectivity index (χ0) is 20.9. The maximum absolute atomic E-state index is 13.1. The summed E-state index contributed by atoms with van der Waals surface area (Å²) >= 11 is 0. The third kappa shape index (κ3) is 4.02. The maximum Gasteiger partial charge on any atom is 0.333 e. The van der Waals surface area contributed by atoms with Gasteiger partial charge in [-0.3, -0.25) is 18.7 Å². The predicted molar refractivity (Wildman–Crippen MR) is 112 cm³/mol. The summed E-state index contributed by atoms with van der Waals surface area (Å²) in [7, 11) is 0. The van der Waals surface area contributed by atoms with Crippen molar-refractivity contribution in [1.82, 2.24) is 24.4 Å². The highest BCUT2D eigenvalue weighted by atomic mass is 16.2. The SMILES string of the molecule is O=C(Cn1c(=O)n(Cc2ccccc2)c(=O)c2nccnc21)NCc1ccccc1. The summed E-state index contributed by atoms with van der Waals surface area (Å²) in [5.41, 5.74) is 0.729. The molecule has 0 bridgehead atoms. The molecule has 0 aliphatic carbocycles. The van der Waals surface area contributed by atoms with E-state index in [1.54, 1.807) is 0 Å². The molecule has 8 nitrogen and oxygen atoms in total. The molecule has 1 N–H and O–H groups in total. The molecule has 8 heteroatoms. The lowest BCUT2D eigenvalue weighted by atomic mass is 10.2. The molecule has 0 aliphatic rings. The zero-order valence-electron chi connectivity index (χ0n) is 16.1. The van der Waals surface area contributed by atoms with Crippen molar-refractivity contribution >= 4 is 17.1 Å². The Labute approximate surface area is 171 Å². The summed E-state index contributed by atoms with van der Waals surface area (Å²) in [6.45, 7) is 0.147. The molecule has 150 valence electrons. The van der Waals surface area contributed by atoms with E-state index in [1.807, 2.05) is 60.7 Å². The second-order valence-corrected chi connectivity index (χ2v) is 6.74. The summed E-state index contributed by atoms with van der Waals surface area (Å²) in [5.74, 6) is -0.363. The van der Waals surface area contributed by atoms with Gasteiger partial charge in [0.1, 0.15) is 6.54 Å². The van der Waals surface area contributed by atoms with Crippen molar-refractivity contribution in [2.45, 2.75) is 19.6 Å². The van der Waals surface area contributed by atoms with Gasteiger partial charge < -0.3 is 5.32 Å². The van der Waals surface area contributed by atoms with Gasteiger partial charge in [-0.15, -0.1) is 0 Å². The van der Waals surface area contributed by atoms with Crippen LogP contribution >= 0.6 is 0 Å². The van der Waals surface area contributed by atoms with Crippen LogP contribution in [0.3, 0.4) is 0 Å². The Morgan fingerprint density at radius 2 is 1.47 bits per heavy atom. The van der Waals surface area contributed by atoms with Gasteiger partial charge in [0.05, 0.1) is 6.54 Å². The molecule has 0 fully saturated rings. The van der Waals surface area contributed by atoms with Crippen LogP contribution in [0.25, 0.3) is 11.2 Å². The number of rotatable bonds is 6. The van der Waals surface area contributed by atoms with Gasteiger partial charge in [-0.25, -0.2) is 14.8 Å². The topological polar surface area (TPSA) is 98.9 Å². The predicted octanol–water partition coefficient (Wildman–Crippen LogP) is 1.32. The van der Waals surface area contributed by atoms with Gasteiger partial charge in [0.2, 0.25) is 5.91 Å². The molecule has 2 heterocycles. The lowest BCUT2D eigenvalue weighted by Crippen LogP contribution is -2.43. The van der Waals surface area contributed by atoms with Crippen molar-refractivity contribution in [3.8, 4) is 0 Å². The number of hydrogen-bond acceptors (Lipinski definition) is 5. The van der Waals surface area contributed by atoms with Crippen LogP contribution in [0.4, 0.5) is 0 Å². The Morgan fingerprint density at radius 3 is 2.17 bits per heavy atom. The number of aromatic nitrogens is 4. The van der Waals surface area contributed by atoms with E-state index in [0.717, 1.165) is 15.7 Å². The van der Waals surface area contributed by atoms with Crippen LogP contribution in [0, 0.1) is 0 Å². The molecule has 2 aromatic carbocycles. The van der Waals surface area contributed by atoms with Gasteiger partial charge in [-0.2, -0.15) is 0 Å². The van der Waals surface area contributed by atoms with Gasteiger partial charge in [-0.05, 0) is 11.1 Å². The fourth-order valence-corrected chi connectivity index (χ4v) is 3.17. The molecule has 0 aliphatic heterocycles. The molecule has 0 radical (unpaired) electrons. The van der Waals surface area contributed by atoms with E-state index < -0.39 is 11.2 Å². The first-order chi connectivity index (χ1) is 14.6. The van der Waals surface area contributed by atoms with Crippen LogP contribution < -0.4 is 16.6 Å². The number of amides is 1. The van der Waals surface area contributed by atoms with Crippen molar-refractivity contribution in [3.05, 3.63) is 105 Å². The Bertz CT molecular complexity index is 1300. The minimum atomic E-state index is -0.605. The fourth-order valence-electron chi connectivity index (χ4n) is 3.17. The Hall–Kier alpha value is -4.07. The van der Waals surface area contributed by atoms with Crippen LogP contribution in [-0.2, 0) is 24.4 Å². The van der Waals surface area contributed by atoms with Crippen LogP contribution in [0.1, 0.15) is 11.1 Å². The van der Waals surface area contributed by atoms with Crippen molar-refractivity contribution in [2.24, 2.45) is 0 Å². The first-order valence-corrected chi connectivity index (χ1v) is 9.42. The van der Waals surface area contributed by atoms with E-state index in [1.165, 1.54) is 17.0 Å². The van der Waals surface area contributed by atoms with Crippen molar-refractivity contribution in [2.75, 3.05) is 0 Å². The second kappa shape index (κ2) is 8.52. The average Bonchev–Trinajstić information content (AvgIpc) is 2.79. The largest absolute Gasteiger partial charge is 0.350 e. The highest BCUT2D eigenvalue weighted by Gasteiger charge is 2.17. The fraction of sp³-hybridized carbons (Fsp3) is 0.136. The number of carbonyl (C=O) groups is 1. The Morgan fingerprint density at radius 1 is 0.833 bits per heavy atom. The Balaban J connectivity index is 1.69. The van der Waals surface area contributed by atoms with Gasteiger partial charge in [-0.1, -0.05) is 60.7 Å². The van der Waals surface area contributed by atoms with Crippen molar-refractivity contribution in [3.63, 3.8) is 0 Å². The van der Waals surface area contributed by atoms with E-state index in [2.05, 4.69) is 15.3 Å². The number of benzene rings is 2. The molecule has 30 heavy (non-hydrogen) atoms. The normalized spacial score (nSPS) is 10.8. The standard InChI is InChI=1S/C22H19N5O3/c28-18(25-13-16-7-3-1-4-8-16)15-26-20-19(23-11-12-24-20)21(29)27(22(26)30)14-17-9-5-2-6-10-17/h1-12H,13-15H2,(H,25,28). The van der Waals surface area contributed by atoms with E-state index in [0.29, 0.717) is 6.54 Å². The van der Waals surface area contributed by atoms with E-state index >= 15 is 0 Å². The van der Waals surface area contributed by atoms with Crippen molar-refractivity contribution < 1.29 is 4.79 Å². The highest BCUT2D eigenvalue weighted by Crippen LogP contribution is 2.04. The first kappa shape index (κ1) is 19.3. The van der Waals surface area contributed by atoms with E-state index in [4.69, 9.17) is 0 Å². The lowest BCUT2D eigenvalue weighted by Gasteiger charge is -2.13. The van der Waals surface area contributed by atoms with Crippen LogP contribution in [-0.4, -0.2) is 25.0 Å². The summed E-state index contributed by atoms with van der Waals surface area (Å²) in [4.78, 5) is 46.7. The van der Waals surface area contributed by atoms with E-state index in [-0.39, 0.29) is 30.2 Å². The van der Waals surface area contributed by atoms with Crippen LogP contribution in [0.2, 0.25) is 0 Å². The summed E-state index contributed by atoms with van der Waals surface area (Å²) in [6, 6.07) is 18.6. The van der Waals surface area contributed by atoms with Crippen LogP contribution in [0.5, 0.6) is 0 Å². The molecule has 4 rings (SSSR count). The van der Waals surface area contributed by atoms with Gasteiger partial charge in [0.15, 0.2) is 11.2 Å². The molecule has 0 saturated heterocycles. The van der Waals surface area contributed by atoms with Gasteiger partial charge in [0.25, 0.3) is 5.56 Å². The van der Waals surface area contributed by atoms with E-state index in [9.17, 15) is 14.4 Å². The van der Waals surface area contributed by atoms with Crippen LogP contribution in [0.15, 0.2) is 82.6 Å². The minimum Gasteiger partial charge on any atom is -0.350 e. The molecular weight excluding hydrogens is 382 g/mol. The molecule has 4 aromatic rings.